The lowest BCUT2D eigenvalue weighted by atomic mass is 10.3. The molecule has 1 aromatic heterocycles. The molecule has 0 bridgehead atoms. The average molecular weight is 389 g/mol. The lowest BCUT2D eigenvalue weighted by Crippen LogP contribution is -2.23. The number of thioether (sulfide) groups is 1. The molecule has 144 valence electrons. The highest BCUT2D eigenvalue weighted by molar-refractivity contribution is 8.00. The minimum absolute atomic E-state index is 0.136. The largest absolute Gasteiger partial charge is 0.497 e. The van der Waals surface area contributed by atoms with Crippen LogP contribution in [0, 0.1) is 0 Å². The Labute approximate surface area is 161 Å². The van der Waals surface area contributed by atoms with E-state index in [0.29, 0.717) is 23.3 Å². The summed E-state index contributed by atoms with van der Waals surface area (Å²) in [6, 6.07) is 7.15. The number of hydrogen-bond donors (Lipinski definition) is 2. The molecular weight excluding hydrogens is 366 g/mol. The number of amides is 2. The Morgan fingerprint density at radius 2 is 2.04 bits per heavy atom. The Hall–Kier alpha value is -2.55. The van der Waals surface area contributed by atoms with Gasteiger partial charge in [0.05, 0.1) is 12.4 Å². The summed E-state index contributed by atoms with van der Waals surface area (Å²) in [5.74, 6) is 1.49. The molecule has 27 heavy (non-hydrogen) atoms. The summed E-state index contributed by atoms with van der Waals surface area (Å²) in [5.41, 5.74) is 5.98. The number of carbonyl (C=O) groups is 2. The fourth-order valence-electron chi connectivity index (χ4n) is 2.59. The van der Waals surface area contributed by atoms with Crippen LogP contribution in [0.15, 0.2) is 29.4 Å². The Morgan fingerprint density at radius 1 is 1.33 bits per heavy atom. The van der Waals surface area contributed by atoms with Crippen molar-refractivity contribution in [1.82, 2.24) is 14.8 Å². The van der Waals surface area contributed by atoms with E-state index in [1.165, 1.54) is 11.8 Å². The first kappa shape index (κ1) is 19.2. The van der Waals surface area contributed by atoms with Crippen LogP contribution in [0.1, 0.15) is 37.9 Å². The fraction of sp³-hybridized carbons (Fsp3) is 0.444. The van der Waals surface area contributed by atoms with E-state index >= 15 is 0 Å². The van der Waals surface area contributed by atoms with Crippen LogP contribution in [0.2, 0.25) is 0 Å². The van der Waals surface area contributed by atoms with Gasteiger partial charge in [-0.25, -0.2) is 0 Å². The number of rotatable bonds is 9. The molecule has 0 aliphatic heterocycles. The molecule has 1 fully saturated rings. The quantitative estimate of drug-likeness (QED) is 0.636. The van der Waals surface area contributed by atoms with Gasteiger partial charge in [0.15, 0.2) is 5.16 Å². The molecule has 0 spiro atoms. The first-order valence-corrected chi connectivity index (χ1v) is 9.69. The zero-order valence-corrected chi connectivity index (χ0v) is 16.2. The smallest absolute Gasteiger partial charge is 0.237 e. The number of benzene rings is 1. The number of aromatic nitrogens is 3. The van der Waals surface area contributed by atoms with Crippen LogP contribution in [-0.2, 0) is 16.1 Å². The number of nitrogens with two attached hydrogens (primary N) is 1. The van der Waals surface area contributed by atoms with Crippen molar-refractivity contribution in [3.8, 4) is 5.75 Å². The van der Waals surface area contributed by atoms with Gasteiger partial charge in [0.2, 0.25) is 11.8 Å². The summed E-state index contributed by atoms with van der Waals surface area (Å²) < 4.78 is 7.03. The van der Waals surface area contributed by atoms with Crippen molar-refractivity contribution in [1.29, 1.82) is 0 Å². The maximum atomic E-state index is 12.5. The SMILES string of the molecule is COc1ccc(NC(=O)C(C)Sc2nnc(C3CC3)n2CCC(N)=O)cc1. The number of methoxy groups -OCH3 is 1. The highest BCUT2D eigenvalue weighted by Crippen LogP contribution is 2.40. The predicted octanol–water partition coefficient (Wildman–Crippen LogP) is 2.16. The molecule has 8 nitrogen and oxygen atoms in total. The lowest BCUT2D eigenvalue weighted by molar-refractivity contribution is -0.118. The van der Waals surface area contributed by atoms with Gasteiger partial charge in [0.1, 0.15) is 11.6 Å². The highest BCUT2D eigenvalue weighted by atomic mass is 32.2. The summed E-state index contributed by atoms with van der Waals surface area (Å²) >= 11 is 1.32. The second-order valence-corrected chi connectivity index (χ2v) is 7.77. The van der Waals surface area contributed by atoms with Crippen molar-refractivity contribution in [3.05, 3.63) is 30.1 Å². The van der Waals surface area contributed by atoms with E-state index in [-0.39, 0.29) is 23.5 Å². The third-order valence-electron chi connectivity index (χ3n) is 4.28. The van der Waals surface area contributed by atoms with Crippen molar-refractivity contribution in [3.63, 3.8) is 0 Å². The molecule has 2 amide bonds. The second kappa shape index (κ2) is 8.43. The molecule has 3 N–H and O–H groups in total. The number of primary amides is 1. The summed E-state index contributed by atoms with van der Waals surface area (Å²) in [6.45, 7) is 2.25. The fourth-order valence-corrected chi connectivity index (χ4v) is 3.47. The summed E-state index contributed by atoms with van der Waals surface area (Å²) in [4.78, 5) is 23.7. The third kappa shape index (κ3) is 5.00. The minimum Gasteiger partial charge on any atom is -0.497 e. The summed E-state index contributed by atoms with van der Waals surface area (Å²) in [7, 11) is 1.59. The summed E-state index contributed by atoms with van der Waals surface area (Å²) in [6.07, 6.45) is 2.37. The maximum Gasteiger partial charge on any atom is 0.237 e. The Bertz CT molecular complexity index is 817. The topological polar surface area (TPSA) is 112 Å². The van der Waals surface area contributed by atoms with Crippen LogP contribution in [0.4, 0.5) is 5.69 Å². The van der Waals surface area contributed by atoms with E-state index in [9.17, 15) is 9.59 Å². The lowest BCUT2D eigenvalue weighted by Gasteiger charge is -2.13. The molecule has 0 saturated heterocycles. The zero-order chi connectivity index (χ0) is 19.4. The normalized spacial score (nSPS) is 14.6. The van der Waals surface area contributed by atoms with Crippen LogP contribution in [-0.4, -0.2) is 38.9 Å². The number of hydrogen-bond acceptors (Lipinski definition) is 6. The van der Waals surface area contributed by atoms with Crippen molar-refractivity contribution >= 4 is 29.3 Å². The van der Waals surface area contributed by atoms with Gasteiger partial charge in [-0.15, -0.1) is 10.2 Å². The van der Waals surface area contributed by atoms with Crippen molar-refractivity contribution in [2.24, 2.45) is 5.73 Å². The van der Waals surface area contributed by atoms with Gasteiger partial charge in [-0.3, -0.25) is 9.59 Å². The zero-order valence-electron chi connectivity index (χ0n) is 15.3. The molecule has 1 aliphatic rings. The molecule has 1 saturated carbocycles. The van der Waals surface area contributed by atoms with E-state index in [1.54, 1.807) is 31.4 Å². The van der Waals surface area contributed by atoms with Crippen LogP contribution >= 0.6 is 11.8 Å². The molecule has 2 aromatic rings. The van der Waals surface area contributed by atoms with Crippen molar-refractivity contribution in [2.75, 3.05) is 12.4 Å². The van der Waals surface area contributed by atoms with Gasteiger partial charge in [-0.05, 0) is 44.0 Å². The van der Waals surface area contributed by atoms with Crippen molar-refractivity contribution in [2.45, 2.75) is 49.1 Å². The monoisotopic (exact) mass is 389 g/mol. The average Bonchev–Trinajstić information content (AvgIpc) is 3.42. The second-order valence-electron chi connectivity index (χ2n) is 6.46. The number of nitrogens with one attached hydrogen (secondary N) is 1. The minimum atomic E-state index is -0.379. The molecular formula is C18H23N5O3S. The van der Waals surface area contributed by atoms with E-state index in [4.69, 9.17) is 10.5 Å². The van der Waals surface area contributed by atoms with E-state index in [0.717, 1.165) is 24.4 Å². The van der Waals surface area contributed by atoms with Crippen LogP contribution in [0.5, 0.6) is 5.75 Å². The van der Waals surface area contributed by atoms with Crippen LogP contribution in [0.25, 0.3) is 0 Å². The Morgan fingerprint density at radius 3 is 2.63 bits per heavy atom. The van der Waals surface area contributed by atoms with Gasteiger partial charge in [-0.1, -0.05) is 11.8 Å². The van der Waals surface area contributed by atoms with E-state index < -0.39 is 0 Å². The Balaban J connectivity index is 1.66. The predicted molar refractivity (Wildman–Crippen MR) is 103 cm³/mol. The first-order chi connectivity index (χ1) is 13.0. The molecule has 1 heterocycles. The molecule has 0 radical (unpaired) electrons. The van der Waals surface area contributed by atoms with Crippen molar-refractivity contribution < 1.29 is 14.3 Å². The standard InChI is InChI=1S/C18H23N5O3S/c1-11(17(25)20-13-5-7-14(26-2)8-6-13)27-18-22-21-16(12-3-4-12)23(18)10-9-15(19)24/h5-8,11-12H,3-4,9-10H2,1-2H3,(H2,19,24)(H,20,25). The molecule has 1 aliphatic carbocycles. The summed E-state index contributed by atoms with van der Waals surface area (Å²) in [5, 5.41) is 11.6. The number of ether oxygens (including phenoxy) is 1. The van der Waals surface area contributed by atoms with E-state index in [2.05, 4.69) is 15.5 Å². The Kier molecular flexibility index (Phi) is 6.00. The third-order valence-corrected chi connectivity index (χ3v) is 5.36. The number of nitrogens with zero attached hydrogens (tertiary/aromatic N) is 3. The molecule has 3 rings (SSSR count). The molecule has 9 heteroatoms. The number of carbonyl (C=O) groups excluding carboxylic acids is 2. The number of anilines is 1. The van der Waals surface area contributed by atoms with Gasteiger partial charge in [-0.2, -0.15) is 0 Å². The van der Waals surface area contributed by atoms with E-state index in [1.807, 2.05) is 11.5 Å². The molecule has 1 aromatic carbocycles. The van der Waals surface area contributed by atoms with Crippen LogP contribution in [0.3, 0.4) is 0 Å². The molecule has 1 atom stereocenters. The van der Waals surface area contributed by atoms with Gasteiger partial charge < -0.3 is 20.4 Å². The molecule has 1 unspecified atom stereocenters. The highest BCUT2D eigenvalue weighted by Gasteiger charge is 2.31. The first-order valence-electron chi connectivity index (χ1n) is 8.81. The van der Waals surface area contributed by atoms with Gasteiger partial charge >= 0.3 is 0 Å². The van der Waals surface area contributed by atoms with Gasteiger partial charge in [0, 0.05) is 24.6 Å². The van der Waals surface area contributed by atoms with Crippen LogP contribution < -0.4 is 15.8 Å². The van der Waals surface area contributed by atoms with Gasteiger partial charge in [0.25, 0.3) is 0 Å². The maximum absolute atomic E-state index is 12.5.